The molecule has 1 saturated heterocycles. The largest absolute Gasteiger partial charge is 0.458 e. The summed E-state index contributed by atoms with van der Waals surface area (Å²) in [7, 11) is 0. The van der Waals surface area contributed by atoms with E-state index in [1.165, 1.54) is 0 Å². The first-order valence-electron chi connectivity index (χ1n) is 4.45. The van der Waals surface area contributed by atoms with Crippen molar-refractivity contribution in [3.63, 3.8) is 0 Å². The van der Waals surface area contributed by atoms with Gasteiger partial charge in [0, 0.05) is 0 Å². The van der Waals surface area contributed by atoms with Crippen LogP contribution in [-0.4, -0.2) is 11.6 Å². The normalized spacial score (nSPS) is 27.8. The Morgan fingerprint density at radius 3 is 2.08 bits per heavy atom. The lowest BCUT2D eigenvalue weighted by Gasteiger charge is -2.44. The molecule has 1 atom stereocenters. The SMILES string of the molecule is CC(C)(C)CC1C(=O)OC1(C)C. The molecule has 0 aromatic carbocycles. The molecule has 1 unspecified atom stereocenters. The quantitative estimate of drug-likeness (QED) is 0.565. The van der Waals surface area contributed by atoms with E-state index in [2.05, 4.69) is 20.8 Å². The minimum absolute atomic E-state index is 0.0325. The van der Waals surface area contributed by atoms with Gasteiger partial charge in [0.05, 0.1) is 5.92 Å². The van der Waals surface area contributed by atoms with Crippen molar-refractivity contribution in [3.8, 4) is 0 Å². The number of cyclic esters (lactones) is 1. The number of hydrogen-bond acceptors (Lipinski definition) is 2. The molecule has 1 aliphatic heterocycles. The molecule has 0 aromatic heterocycles. The second kappa shape index (κ2) is 2.48. The van der Waals surface area contributed by atoms with E-state index < -0.39 is 0 Å². The monoisotopic (exact) mass is 170 g/mol. The van der Waals surface area contributed by atoms with E-state index in [-0.39, 0.29) is 22.9 Å². The third-order valence-electron chi connectivity index (χ3n) is 2.30. The molecule has 1 fully saturated rings. The van der Waals surface area contributed by atoms with Gasteiger partial charge >= 0.3 is 5.97 Å². The Morgan fingerprint density at radius 1 is 1.42 bits per heavy atom. The first-order valence-corrected chi connectivity index (χ1v) is 4.45. The first kappa shape index (κ1) is 9.56. The second-order valence-corrected chi connectivity index (χ2v) is 5.34. The van der Waals surface area contributed by atoms with E-state index in [0.29, 0.717) is 0 Å². The van der Waals surface area contributed by atoms with Crippen LogP contribution in [-0.2, 0) is 9.53 Å². The Hall–Kier alpha value is -0.530. The van der Waals surface area contributed by atoms with Crippen molar-refractivity contribution < 1.29 is 9.53 Å². The van der Waals surface area contributed by atoms with Crippen molar-refractivity contribution in [2.24, 2.45) is 11.3 Å². The van der Waals surface area contributed by atoms with E-state index in [1.54, 1.807) is 0 Å². The summed E-state index contributed by atoms with van der Waals surface area (Å²) in [4.78, 5) is 11.1. The van der Waals surface area contributed by atoms with Crippen molar-refractivity contribution >= 4 is 5.97 Å². The number of carbonyl (C=O) groups is 1. The predicted molar refractivity (Wildman–Crippen MR) is 47.7 cm³/mol. The molecule has 0 amide bonds. The van der Waals surface area contributed by atoms with E-state index >= 15 is 0 Å². The molecule has 0 N–H and O–H groups in total. The Labute approximate surface area is 74.3 Å². The highest BCUT2D eigenvalue weighted by atomic mass is 16.6. The molecule has 70 valence electrons. The summed E-state index contributed by atoms with van der Waals surface area (Å²) in [6.07, 6.45) is 0.916. The van der Waals surface area contributed by atoms with Crippen LogP contribution < -0.4 is 0 Å². The minimum atomic E-state index is -0.232. The zero-order chi connectivity index (χ0) is 9.57. The maximum absolute atomic E-state index is 11.1. The van der Waals surface area contributed by atoms with Gasteiger partial charge in [-0.1, -0.05) is 20.8 Å². The van der Waals surface area contributed by atoms with Gasteiger partial charge in [0.2, 0.25) is 0 Å². The lowest BCUT2D eigenvalue weighted by Crippen LogP contribution is -2.54. The molecule has 0 aliphatic carbocycles. The summed E-state index contributed by atoms with van der Waals surface area (Å²) in [5, 5.41) is 0. The fourth-order valence-electron chi connectivity index (χ4n) is 1.57. The molecule has 0 spiro atoms. The Bertz CT molecular complexity index is 198. The van der Waals surface area contributed by atoms with Crippen LogP contribution in [0.25, 0.3) is 0 Å². The van der Waals surface area contributed by atoms with Crippen LogP contribution in [0, 0.1) is 11.3 Å². The molecule has 0 saturated carbocycles. The van der Waals surface area contributed by atoms with E-state index in [4.69, 9.17) is 4.74 Å². The Balaban J connectivity index is 2.58. The van der Waals surface area contributed by atoms with Gasteiger partial charge in [-0.25, -0.2) is 0 Å². The number of esters is 1. The fourth-order valence-corrected chi connectivity index (χ4v) is 1.57. The van der Waals surface area contributed by atoms with Crippen molar-refractivity contribution in [1.82, 2.24) is 0 Å². The molecule has 1 aliphatic rings. The minimum Gasteiger partial charge on any atom is -0.458 e. The number of carbonyl (C=O) groups excluding carboxylic acids is 1. The fraction of sp³-hybridized carbons (Fsp3) is 0.900. The highest BCUT2D eigenvalue weighted by Gasteiger charge is 2.50. The molecule has 0 radical (unpaired) electrons. The standard InChI is InChI=1S/C10H18O2/c1-9(2,3)6-7-8(11)12-10(7,4)5/h7H,6H2,1-5H3. The molecule has 1 heterocycles. The van der Waals surface area contributed by atoms with Crippen LogP contribution >= 0.6 is 0 Å². The summed E-state index contributed by atoms with van der Waals surface area (Å²) in [6, 6.07) is 0. The molecular formula is C10H18O2. The van der Waals surface area contributed by atoms with Gasteiger partial charge in [-0.2, -0.15) is 0 Å². The van der Waals surface area contributed by atoms with Gasteiger partial charge in [0.15, 0.2) is 0 Å². The summed E-state index contributed by atoms with van der Waals surface area (Å²) >= 11 is 0. The maximum Gasteiger partial charge on any atom is 0.313 e. The smallest absolute Gasteiger partial charge is 0.313 e. The summed E-state index contributed by atoms with van der Waals surface area (Å²) in [5.74, 6) is 0.0624. The first-order chi connectivity index (χ1) is 5.22. The Morgan fingerprint density at radius 2 is 1.92 bits per heavy atom. The van der Waals surface area contributed by atoms with Crippen LogP contribution in [0.3, 0.4) is 0 Å². The highest BCUT2D eigenvalue weighted by Crippen LogP contribution is 2.41. The summed E-state index contributed by atoms with van der Waals surface area (Å²) in [5.41, 5.74) is -0.0221. The second-order valence-electron chi connectivity index (χ2n) is 5.34. The molecule has 12 heavy (non-hydrogen) atoms. The van der Waals surface area contributed by atoms with Gasteiger partial charge in [-0.05, 0) is 25.7 Å². The third kappa shape index (κ3) is 1.79. The van der Waals surface area contributed by atoms with Gasteiger partial charge in [-0.3, -0.25) is 4.79 Å². The molecular weight excluding hydrogens is 152 g/mol. The topological polar surface area (TPSA) is 26.3 Å². The average molecular weight is 170 g/mol. The lowest BCUT2D eigenvalue weighted by atomic mass is 9.74. The van der Waals surface area contributed by atoms with E-state index in [1.807, 2.05) is 13.8 Å². The van der Waals surface area contributed by atoms with Crippen LogP contribution in [0.15, 0.2) is 0 Å². The molecule has 0 aromatic rings. The zero-order valence-corrected chi connectivity index (χ0v) is 8.60. The maximum atomic E-state index is 11.1. The van der Waals surface area contributed by atoms with Gasteiger partial charge in [0.25, 0.3) is 0 Å². The Kier molecular flexibility index (Phi) is 1.97. The van der Waals surface area contributed by atoms with Crippen molar-refractivity contribution in [2.75, 3.05) is 0 Å². The molecule has 0 bridgehead atoms. The van der Waals surface area contributed by atoms with E-state index in [9.17, 15) is 4.79 Å². The molecule has 1 rings (SSSR count). The highest BCUT2D eigenvalue weighted by molar-refractivity contribution is 5.79. The van der Waals surface area contributed by atoms with Gasteiger partial charge < -0.3 is 4.74 Å². The van der Waals surface area contributed by atoms with Crippen LogP contribution in [0.2, 0.25) is 0 Å². The number of ether oxygens (including phenoxy) is 1. The molecule has 2 heteroatoms. The van der Waals surface area contributed by atoms with E-state index in [0.717, 1.165) is 6.42 Å². The summed E-state index contributed by atoms with van der Waals surface area (Å²) in [6.45, 7) is 10.4. The van der Waals surface area contributed by atoms with Crippen LogP contribution in [0.5, 0.6) is 0 Å². The van der Waals surface area contributed by atoms with Gasteiger partial charge in [-0.15, -0.1) is 0 Å². The molecule has 2 nitrogen and oxygen atoms in total. The predicted octanol–water partition coefficient (Wildman–Crippen LogP) is 2.37. The van der Waals surface area contributed by atoms with Crippen LogP contribution in [0.1, 0.15) is 41.0 Å². The van der Waals surface area contributed by atoms with Crippen LogP contribution in [0.4, 0.5) is 0 Å². The van der Waals surface area contributed by atoms with Gasteiger partial charge in [0.1, 0.15) is 5.60 Å². The van der Waals surface area contributed by atoms with Crippen molar-refractivity contribution in [2.45, 2.75) is 46.6 Å². The lowest BCUT2D eigenvalue weighted by molar-refractivity contribution is -0.208. The van der Waals surface area contributed by atoms with Crippen molar-refractivity contribution in [1.29, 1.82) is 0 Å². The third-order valence-corrected chi connectivity index (χ3v) is 2.30. The number of rotatable bonds is 1. The summed E-state index contributed by atoms with van der Waals surface area (Å²) < 4.78 is 5.05. The number of hydrogen-bond donors (Lipinski definition) is 0. The van der Waals surface area contributed by atoms with Crippen molar-refractivity contribution in [3.05, 3.63) is 0 Å². The average Bonchev–Trinajstić information content (AvgIpc) is 1.81. The zero-order valence-electron chi connectivity index (χ0n) is 8.60.